The van der Waals surface area contributed by atoms with E-state index >= 15 is 0 Å². The molecule has 1 saturated heterocycles. The molecule has 2 saturated carbocycles. The van der Waals surface area contributed by atoms with E-state index < -0.39 is 0 Å². The van der Waals surface area contributed by atoms with Crippen molar-refractivity contribution >= 4 is 17.5 Å². The van der Waals surface area contributed by atoms with Gasteiger partial charge in [0, 0.05) is 37.8 Å². The predicted molar refractivity (Wildman–Crippen MR) is 97.0 cm³/mol. The van der Waals surface area contributed by atoms with Crippen LogP contribution in [-0.2, 0) is 9.59 Å². The first-order chi connectivity index (χ1) is 12.6. The molecule has 0 spiro atoms. The van der Waals surface area contributed by atoms with Gasteiger partial charge in [-0.25, -0.2) is 4.39 Å². The van der Waals surface area contributed by atoms with Crippen LogP contribution < -0.4 is 5.32 Å². The largest absolute Gasteiger partial charge is 0.340 e. The Morgan fingerprint density at radius 3 is 2.38 bits per heavy atom. The molecule has 1 aromatic carbocycles. The van der Waals surface area contributed by atoms with E-state index in [9.17, 15) is 14.0 Å². The zero-order valence-corrected chi connectivity index (χ0v) is 15.0. The number of rotatable bonds is 4. The normalized spacial score (nSPS) is 28.3. The summed E-state index contributed by atoms with van der Waals surface area (Å²) in [5.74, 6) is 1.57. The van der Waals surface area contributed by atoms with Gasteiger partial charge in [-0.2, -0.15) is 0 Å². The van der Waals surface area contributed by atoms with Crippen LogP contribution in [0.1, 0.15) is 25.7 Å². The van der Waals surface area contributed by atoms with Crippen LogP contribution in [0.3, 0.4) is 0 Å². The maximum absolute atomic E-state index is 12.9. The Hall–Kier alpha value is -1.95. The lowest BCUT2D eigenvalue weighted by Crippen LogP contribution is -2.52. The SMILES string of the molecule is O=C(CN1CCN(C(=O)C2CC3CCC2C3)CC1)Nc1ccc(F)cc1. The molecule has 3 aliphatic rings. The predicted octanol–water partition coefficient (Wildman–Crippen LogP) is 2.34. The van der Waals surface area contributed by atoms with Crippen molar-refractivity contribution in [1.29, 1.82) is 0 Å². The summed E-state index contributed by atoms with van der Waals surface area (Å²) in [6.45, 7) is 3.16. The topological polar surface area (TPSA) is 52.7 Å². The van der Waals surface area contributed by atoms with E-state index in [0.717, 1.165) is 25.4 Å². The molecule has 4 rings (SSSR count). The molecule has 1 N–H and O–H groups in total. The number of benzene rings is 1. The molecule has 0 aromatic heterocycles. The number of amides is 2. The van der Waals surface area contributed by atoms with Gasteiger partial charge in [0.2, 0.25) is 11.8 Å². The average molecular weight is 359 g/mol. The standard InChI is InChI=1S/C20H26FN3O2/c21-16-3-5-17(6-4-16)22-19(25)13-23-7-9-24(10-8-23)20(26)18-12-14-1-2-15(18)11-14/h3-6,14-15,18H,1-2,7-13H2,(H,22,25). The van der Waals surface area contributed by atoms with Gasteiger partial charge in [-0.15, -0.1) is 0 Å². The number of carbonyl (C=O) groups is 2. The van der Waals surface area contributed by atoms with E-state index in [1.807, 2.05) is 4.90 Å². The lowest BCUT2D eigenvalue weighted by molar-refractivity contribution is -0.139. The van der Waals surface area contributed by atoms with Gasteiger partial charge in [0.25, 0.3) is 0 Å². The Labute approximate surface area is 153 Å². The van der Waals surface area contributed by atoms with Crippen molar-refractivity contribution in [3.8, 4) is 0 Å². The lowest BCUT2D eigenvalue weighted by Gasteiger charge is -2.37. The fourth-order valence-corrected chi connectivity index (χ4v) is 4.84. The highest BCUT2D eigenvalue weighted by atomic mass is 19.1. The number of anilines is 1. The van der Waals surface area contributed by atoms with Gasteiger partial charge >= 0.3 is 0 Å². The third-order valence-electron chi connectivity index (χ3n) is 6.23. The van der Waals surface area contributed by atoms with E-state index in [-0.39, 0.29) is 17.6 Å². The first-order valence-electron chi connectivity index (χ1n) is 9.65. The molecule has 5 nitrogen and oxygen atoms in total. The van der Waals surface area contributed by atoms with E-state index in [1.54, 1.807) is 12.1 Å². The monoisotopic (exact) mass is 359 g/mol. The summed E-state index contributed by atoms with van der Waals surface area (Å²) in [6.07, 6.45) is 4.87. The second-order valence-electron chi connectivity index (χ2n) is 7.94. The Balaban J connectivity index is 1.22. The van der Waals surface area contributed by atoms with Gasteiger partial charge in [0.15, 0.2) is 0 Å². The van der Waals surface area contributed by atoms with Crippen molar-refractivity contribution in [2.75, 3.05) is 38.0 Å². The number of nitrogens with one attached hydrogen (secondary N) is 1. The number of hydrogen-bond acceptors (Lipinski definition) is 3. The lowest BCUT2D eigenvalue weighted by atomic mass is 9.87. The highest BCUT2D eigenvalue weighted by Crippen LogP contribution is 2.48. The molecule has 3 atom stereocenters. The minimum absolute atomic E-state index is 0.107. The Morgan fingerprint density at radius 1 is 1.04 bits per heavy atom. The number of halogens is 1. The molecule has 26 heavy (non-hydrogen) atoms. The van der Waals surface area contributed by atoms with Crippen molar-refractivity contribution in [3.05, 3.63) is 30.1 Å². The van der Waals surface area contributed by atoms with Crippen LogP contribution >= 0.6 is 0 Å². The summed E-state index contributed by atoms with van der Waals surface area (Å²) in [5, 5.41) is 2.79. The Kier molecular flexibility index (Phi) is 4.94. The van der Waals surface area contributed by atoms with E-state index in [2.05, 4.69) is 10.2 Å². The van der Waals surface area contributed by atoms with E-state index in [0.29, 0.717) is 37.1 Å². The van der Waals surface area contributed by atoms with Crippen LogP contribution in [-0.4, -0.2) is 54.3 Å². The minimum atomic E-state index is -0.320. The van der Waals surface area contributed by atoms with Gasteiger partial charge in [-0.05, 0) is 55.4 Å². The average Bonchev–Trinajstić information content (AvgIpc) is 3.27. The van der Waals surface area contributed by atoms with Crippen molar-refractivity contribution in [1.82, 2.24) is 9.80 Å². The van der Waals surface area contributed by atoms with Crippen LogP contribution in [0.15, 0.2) is 24.3 Å². The summed E-state index contributed by atoms with van der Waals surface area (Å²) in [5.41, 5.74) is 0.599. The molecule has 1 heterocycles. The number of hydrogen-bond donors (Lipinski definition) is 1. The van der Waals surface area contributed by atoms with E-state index in [4.69, 9.17) is 0 Å². The van der Waals surface area contributed by atoms with Gasteiger partial charge in [-0.3, -0.25) is 14.5 Å². The molecule has 6 heteroatoms. The number of fused-ring (bicyclic) bond motifs is 2. The minimum Gasteiger partial charge on any atom is -0.340 e. The van der Waals surface area contributed by atoms with Gasteiger partial charge in [-0.1, -0.05) is 6.42 Å². The van der Waals surface area contributed by atoms with Gasteiger partial charge < -0.3 is 10.2 Å². The number of carbonyl (C=O) groups excluding carboxylic acids is 2. The molecule has 1 aromatic rings. The summed E-state index contributed by atoms with van der Waals surface area (Å²) < 4.78 is 12.9. The quantitative estimate of drug-likeness (QED) is 0.898. The highest BCUT2D eigenvalue weighted by Gasteiger charge is 2.44. The molecule has 2 aliphatic carbocycles. The fraction of sp³-hybridized carbons (Fsp3) is 0.600. The van der Waals surface area contributed by atoms with Crippen molar-refractivity contribution in [2.24, 2.45) is 17.8 Å². The second kappa shape index (κ2) is 7.35. The zero-order chi connectivity index (χ0) is 18.1. The second-order valence-corrected chi connectivity index (χ2v) is 7.94. The molecular formula is C20H26FN3O2. The highest BCUT2D eigenvalue weighted by molar-refractivity contribution is 5.92. The maximum atomic E-state index is 12.9. The molecule has 0 radical (unpaired) electrons. The Morgan fingerprint density at radius 2 is 1.77 bits per heavy atom. The maximum Gasteiger partial charge on any atom is 0.238 e. The van der Waals surface area contributed by atoms with Gasteiger partial charge in [0.1, 0.15) is 5.82 Å². The third-order valence-corrected chi connectivity index (χ3v) is 6.23. The molecule has 3 unspecified atom stereocenters. The summed E-state index contributed by atoms with van der Waals surface area (Å²) in [6, 6.07) is 5.77. The first kappa shape index (κ1) is 17.5. The van der Waals surface area contributed by atoms with Crippen LogP contribution in [0.25, 0.3) is 0 Å². The summed E-state index contributed by atoms with van der Waals surface area (Å²) in [4.78, 5) is 29.0. The van der Waals surface area contributed by atoms with Crippen LogP contribution in [0.5, 0.6) is 0 Å². The zero-order valence-electron chi connectivity index (χ0n) is 15.0. The van der Waals surface area contributed by atoms with Crippen molar-refractivity contribution < 1.29 is 14.0 Å². The van der Waals surface area contributed by atoms with Crippen LogP contribution in [0.4, 0.5) is 10.1 Å². The number of nitrogens with zero attached hydrogens (tertiary/aromatic N) is 2. The third kappa shape index (κ3) is 3.75. The van der Waals surface area contributed by atoms with E-state index in [1.165, 1.54) is 31.4 Å². The smallest absolute Gasteiger partial charge is 0.238 e. The summed E-state index contributed by atoms with van der Waals surface area (Å²) >= 11 is 0. The molecule has 140 valence electrons. The van der Waals surface area contributed by atoms with Crippen LogP contribution in [0, 0.1) is 23.6 Å². The molecular weight excluding hydrogens is 333 g/mol. The number of piperazine rings is 1. The van der Waals surface area contributed by atoms with Crippen molar-refractivity contribution in [2.45, 2.75) is 25.7 Å². The van der Waals surface area contributed by atoms with Gasteiger partial charge in [0.05, 0.1) is 6.54 Å². The van der Waals surface area contributed by atoms with Crippen LogP contribution in [0.2, 0.25) is 0 Å². The van der Waals surface area contributed by atoms with Crippen molar-refractivity contribution in [3.63, 3.8) is 0 Å². The molecule has 1 aliphatic heterocycles. The Bertz CT molecular complexity index is 670. The first-order valence-corrected chi connectivity index (χ1v) is 9.65. The molecule has 3 fully saturated rings. The summed E-state index contributed by atoms with van der Waals surface area (Å²) in [7, 11) is 0. The molecule has 2 bridgehead atoms. The molecule has 2 amide bonds. The fourth-order valence-electron chi connectivity index (χ4n) is 4.84.